The van der Waals surface area contributed by atoms with E-state index in [-0.39, 0.29) is 24.8 Å². The Balaban J connectivity index is 1.68. The molecule has 1 aromatic heterocycles. The van der Waals surface area contributed by atoms with E-state index in [0.717, 1.165) is 11.1 Å². The van der Waals surface area contributed by atoms with Crippen LogP contribution in [-0.2, 0) is 0 Å². The molecule has 2 aromatic rings. The number of nitrogens with zero attached hydrogens (tertiary/aromatic N) is 2. The van der Waals surface area contributed by atoms with Gasteiger partial charge in [-0.05, 0) is 43.2 Å². The first kappa shape index (κ1) is 16.6. The minimum Gasteiger partial charge on any atom is -0.507 e. The van der Waals surface area contributed by atoms with Crippen molar-refractivity contribution in [1.29, 1.82) is 0 Å². The number of halogens is 2. The monoisotopic (exact) mass is 334 g/mol. The second kappa shape index (κ2) is 6.32. The molecule has 24 heavy (non-hydrogen) atoms. The van der Waals surface area contributed by atoms with Crippen molar-refractivity contribution in [2.75, 3.05) is 18.4 Å². The number of rotatable bonds is 4. The van der Waals surface area contributed by atoms with E-state index in [1.165, 1.54) is 0 Å². The van der Waals surface area contributed by atoms with Gasteiger partial charge < -0.3 is 15.7 Å². The summed E-state index contributed by atoms with van der Waals surface area (Å²) in [6.07, 6.45) is -0.179. The zero-order valence-corrected chi connectivity index (χ0v) is 13.6. The second-order valence-electron chi connectivity index (χ2n) is 6.30. The SMILES string of the molecule is Cc1cc(C)c(-c2ccc(NC[C@H]3CC(F)(F)CN3)nn2)c(O)c1. The molecule has 1 aliphatic heterocycles. The van der Waals surface area contributed by atoms with Gasteiger partial charge in [0.2, 0.25) is 0 Å². The maximum atomic E-state index is 13.1. The van der Waals surface area contributed by atoms with Crippen LogP contribution in [0.2, 0.25) is 0 Å². The van der Waals surface area contributed by atoms with E-state index in [9.17, 15) is 13.9 Å². The zero-order valence-electron chi connectivity index (χ0n) is 13.6. The van der Waals surface area contributed by atoms with Gasteiger partial charge >= 0.3 is 0 Å². The molecular formula is C17H20F2N4O. The largest absolute Gasteiger partial charge is 0.507 e. The topological polar surface area (TPSA) is 70.1 Å². The van der Waals surface area contributed by atoms with Crippen molar-refractivity contribution < 1.29 is 13.9 Å². The Morgan fingerprint density at radius 2 is 2.08 bits per heavy atom. The lowest BCUT2D eigenvalue weighted by atomic mass is 10.0. The molecule has 0 saturated carbocycles. The Kier molecular flexibility index (Phi) is 4.36. The van der Waals surface area contributed by atoms with Crippen molar-refractivity contribution >= 4 is 5.82 Å². The summed E-state index contributed by atoms with van der Waals surface area (Å²) in [5.74, 6) is -1.96. The van der Waals surface area contributed by atoms with Gasteiger partial charge in [0, 0.05) is 24.6 Å². The first-order chi connectivity index (χ1) is 11.3. The number of alkyl halides is 2. The Bertz CT molecular complexity index is 711. The highest BCUT2D eigenvalue weighted by Gasteiger charge is 2.38. The van der Waals surface area contributed by atoms with Crippen LogP contribution in [0, 0.1) is 13.8 Å². The van der Waals surface area contributed by atoms with Gasteiger partial charge in [0.05, 0.1) is 12.2 Å². The fourth-order valence-electron chi connectivity index (χ4n) is 3.01. The molecule has 0 unspecified atom stereocenters. The van der Waals surface area contributed by atoms with E-state index < -0.39 is 5.92 Å². The van der Waals surface area contributed by atoms with Gasteiger partial charge in [-0.3, -0.25) is 0 Å². The smallest absolute Gasteiger partial charge is 0.261 e. The van der Waals surface area contributed by atoms with Crippen molar-refractivity contribution in [2.45, 2.75) is 32.2 Å². The third-order valence-corrected chi connectivity index (χ3v) is 4.10. The van der Waals surface area contributed by atoms with Crippen LogP contribution in [-0.4, -0.2) is 40.4 Å². The summed E-state index contributed by atoms with van der Waals surface area (Å²) in [7, 11) is 0. The van der Waals surface area contributed by atoms with E-state index in [0.29, 0.717) is 23.6 Å². The summed E-state index contributed by atoms with van der Waals surface area (Å²) >= 11 is 0. The molecule has 1 aromatic carbocycles. The molecule has 5 nitrogen and oxygen atoms in total. The first-order valence-electron chi connectivity index (χ1n) is 7.83. The molecule has 1 atom stereocenters. The predicted octanol–water partition coefficient (Wildman–Crippen LogP) is 2.88. The number of phenolic OH excluding ortho intramolecular Hbond substituents is 1. The lowest BCUT2D eigenvalue weighted by Gasteiger charge is -2.12. The first-order valence-corrected chi connectivity index (χ1v) is 7.83. The van der Waals surface area contributed by atoms with Gasteiger partial charge in [-0.2, -0.15) is 0 Å². The summed E-state index contributed by atoms with van der Waals surface area (Å²) in [4.78, 5) is 0. The number of benzene rings is 1. The van der Waals surface area contributed by atoms with E-state index in [2.05, 4.69) is 20.8 Å². The molecule has 3 rings (SSSR count). The number of aromatic nitrogens is 2. The average molecular weight is 334 g/mol. The third kappa shape index (κ3) is 3.62. The van der Waals surface area contributed by atoms with Crippen LogP contribution in [0.15, 0.2) is 24.3 Å². The zero-order chi connectivity index (χ0) is 17.3. The third-order valence-electron chi connectivity index (χ3n) is 4.10. The molecule has 1 aliphatic rings. The second-order valence-corrected chi connectivity index (χ2v) is 6.30. The van der Waals surface area contributed by atoms with Gasteiger partial charge in [-0.1, -0.05) is 6.07 Å². The molecule has 0 aliphatic carbocycles. The molecule has 0 amide bonds. The molecule has 7 heteroatoms. The molecule has 3 N–H and O–H groups in total. The molecule has 0 bridgehead atoms. The van der Waals surface area contributed by atoms with E-state index in [4.69, 9.17) is 0 Å². The van der Waals surface area contributed by atoms with E-state index in [1.807, 2.05) is 19.9 Å². The van der Waals surface area contributed by atoms with E-state index in [1.54, 1.807) is 18.2 Å². The van der Waals surface area contributed by atoms with Gasteiger partial charge in [-0.25, -0.2) is 8.78 Å². The standard InChI is InChI=1S/C17H20F2N4O/c1-10-5-11(2)16(14(24)6-10)13-3-4-15(23-22-13)20-8-12-7-17(18,19)9-21-12/h3-6,12,21,24H,7-9H2,1-2H3,(H,20,23)/t12-/m1/s1. The van der Waals surface area contributed by atoms with Crippen LogP contribution in [0.1, 0.15) is 17.5 Å². The molecule has 0 radical (unpaired) electrons. The van der Waals surface area contributed by atoms with Gasteiger partial charge in [0.1, 0.15) is 11.6 Å². The molecule has 1 fully saturated rings. The highest BCUT2D eigenvalue weighted by atomic mass is 19.3. The summed E-state index contributed by atoms with van der Waals surface area (Å²) < 4.78 is 26.2. The Labute approximate surface area is 139 Å². The number of hydrogen-bond donors (Lipinski definition) is 3. The maximum Gasteiger partial charge on any atom is 0.261 e. The van der Waals surface area contributed by atoms with Gasteiger partial charge in [-0.15, -0.1) is 10.2 Å². The lowest BCUT2D eigenvalue weighted by Crippen LogP contribution is -2.29. The summed E-state index contributed by atoms with van der Waals surface area (Å²) in [5, 5.41) is 24.1. The molecule has 0 spiro atoms. The normalized spacial score (nSPS) is 19.4. The van der Waals surface area contributed by atoms with Gasteiger partial charge in [0.25, 0.3) is 5.92 Å². The molecule has 2 heterocycles. The maximum absolute atomic E-state index is 13.1. The lowest BCUT2D eigenvalue weighted by molar-refractivity contribution is 0.0214. The number of anilines is 1. The van der Waals surface area contributed by atoms with Crippen LogP contribution in [0.5, 0.6) is 5.75 Å². The number of nitrogens with one attached hydrogen (secondary N) is 2. The van der Waals surface area contributed by atoms with Crippen molar-refractivity contribution in [2.24, 2.45) is 0 Å². The summed E-state index contributed by atoms with van der Waals surface area (Å²) in [6.45, 7) is 3.89. The van der Waals surface area contributed by atoms with Crippen LogP contribution in [0.3, 0.4) is 0 Å². The molecular weight excluding hydrogens is 314 g/mol. The number of aromatic hydroxyl groups is 1. The van der Waals surface area contributed by atoms with Crippen LogP contribution >= 0.6 is 0 Å². The minimum atomic E-state index is -2.64. The Morgan fingerprint density at radius 1 is 1.29 bits per heavy atom. The summed E-state index contributed by atoms with van der Waals surface area (Å²) in [5.41, 5.74) is 3.11. The summed E-state index contributed by atoms with van der Waals surface area (Å²) in [6, 6.07) is 6.85. The fourth-order valence-corrected chi connectivity index (χ4v) is 3.01. The number of hydrogen-bond acceptors (Lipinski definition) is 5. The van der Waals surface area contributed by atoms with Crippen molar-refractivity contribution in [1.82, 2.24) is 15.5 Å². The predicted molar refractivity (Wildman–Crippen MR) is 88.5 cm³/mol. The number of aryl methyl sites for hydroxylation is 2. The van der Waals surface area contributed by atoms with Crippen molar-refractivity contribution in [3.05, 3.63) is 35.4 Å². The van der Waals surface area contributed by atoms with Crippen LogP contribution in [0.4, 0.5) is 14.6 Å². The van der Waals surface area contributed by atoms with Crippen LogP contribution < -0.4 is 10.6 Å². The number of phenols is 1. The van der Waals surface area contributed by atoms with Gasteiger partial charge in [0.15, 0.2) is 0 Å². The van der Waals surface area contributed by atoms with Crippen molar-refractivity contribution in [3.63, 3.8) is 0 Å². The molecule has 1 saturated heterocycles. The quantitative estimate of drug-likeness (QED) is 0.802. The highest BCUT2D eigenvalue weighted by Crippen LogP contribution is 2.32. The molecule has 128 valence electrons. The Hall–Kier alpha value is -2.28. The minimum absolute atomic E-state index is 0.167. The highest BCUT2D eigenvalue weighted by molar-refractivity contribution is 5.71. The van der Waals surface area contributed by atoms with Crippen molar-refractivity contribution in [3.8, 4) is 17.0 Å². The van der Waals surface area contributed by atoms with Crippen LogP contribution in [0.25, 0.3) is 11.3 Å². The fraction of sp³-hybridized carbons (Fsp3) is 0.412. The Morgan fingerprint density at radius 3 is 2.67 bits per heavy atom. The van der Waals surface area contributed by atoms with E-state index >= 15 is 0 Å². The average Bonchev–Trinajstić information content (AvgIpc) is 2.85.